The Morgan fingerprint density at radius 2 is 0.843 bits per heavy atom. The Morgan fingerprint density at radius 3 is 1.16 bits per heavy atom. The second kappa shape index (κ2) is 85.0. The van der Waals surface area contributed by atoms with Crippen LogP contribution in [0.4, 0.5) is 14.4 Å². The van der Waals surface area contributed by atoms with Gasteiger partial charge in [0.1, 0.15) is 55.2 Å². The molecule has 4 unspecified atom stereocenters. The minimum atomic E-state index is -1.67. The molecule has 43 heteroatoms. The lowest BCUT2D eigenvalue weighted by Gasteiger charge is -2.20. The van der Waals surface area contributed by atoms with Gasteiger partial charge in [0.2, 0.25) is 9.23 Å². The normalized spacial score (nSPS) is 16.2. The molecule has 3 aromatic carbocycles. The van der Waals surface area contributed by atoms with E-state index in [1.165, 1.54) is 12.0 Å². The third kappa shape index (κ3) is 88.5. The molecule has 6 saturated heterocycles. The summed E-state index contributed by atoms with van der Waals surface area (Å²) < 4.78 is 54.8. The van der Waals surface area contributed by atoms with Crippen molar-refractivity contribution in [2.45, 2.75) is 201 Å². The maximum atomic E-state index is 12.0. The number of aromatic nitrogens is 1. The predicted octanol–water partition coefficient (Wildman–Crippen LogP) is 15.6. The van der Waals surface area contributed by atoms with Gasteiger partial charge in [-0.1, -0.05) is 114 Å². The Bertz CT molecular complexity index is 3420. The molecule has 10 rings (SSSR count). The Balaban J connectivity index is -0.000000255. The van der Waals surface area contributed by atoms with Crippen molar-refractivity contribution in [2.75, 3.05) is 122 Å². The third-order valence-corrected chi connectivity index (χ3v) is 16.5. The largest absolute Gasteiger partial charge is 0.481 e. The lowest BCUT2D eigenvalue weighted by molar-refractivity contribution is -0.162. The van der Waals surface area contributed by atoms with Gasteiger partial charge < -0.3 is 99.2 Å². The van der Waals surface area contributed by atoms with Crippen molar-refractivity contribution in [1.29, 1.82) is 0 Å². The number of aliphatic hydroxyl groups excluding tert-OH is 3. The van der Waals surface area contributed by atoms with E-state index in [0.29, 0.717) is 63.7 Å². The van der Waals surface area contributed by atoms with E-state index in [-0.39, 0.29) is 154 Å². The molecule has 4 aromatic rings. The van der Waals surface area contributed by atoms with E-state index in [1.54, 1.807) is 29.4 Å². The lowest BCUT2D eigenvalue weighted by atomic mass is 9.95. The smallest absolute Gasteiger partial charge is 0.410 e. The van der Waals surface area contributed by atoms with Crippen LogP contribution in [0.5, 0.6) is 0 Å². The number of piperidine rings is 2. The highest BCUT2D eigenvalue weighted by molar-refractivity contribution is 9.09. The van der Waals surface area contributed by atoms with Crippen molar-refractivity contribution in [1.82, 2.24) is 36.1 Å². The molecule has 2 amide bonds. The maximum Gasteiger partial charge on any atom is 0.410 e. The number of rotatable bonds is 19. The molecule has 1 aromatic heterocycles. The molecule has 0 aliphatic carbocycles. The number of carboxylic acid groups (broad SMARTS) is 2. The molecule has 0 bridgehead atoms. The van der Waals surface area contributed by atoms with Gasteiger partial charge in [0.05, 0.1) is 55.2 Å². The van der Waals surface area contributed by atoms with Crippen LogP contribution >= 0.6 is 133 Å². The van der Waals surface area contributed by atoms with Gasteiger partial charge in [0.25, 0.3) is 0 Å². The fourth-order valence-corrected chi connectivity index (χ4v) is 10.7. The highest BCUT2D eigenvalue weighted by Gasteiger charge is 2.30. The molecular formula is C84H136BrCl10N7O24S. The molecule has 9 N–H and O–H groups in total. The Hall–Kier alpha value is -5.19. The summed E-state index contributed by atoms with van der Waals surface area (Å²) in [6, 6.07) is 31.8. The number of hydrogen-bond acceptors (Lipinski definition) is 27. The summed E-state index contributed by atoms with van der Waals surface area (Å²) in [4.78, 5) is 105. The van der Waals surface area contributed by atoms with Crippen LogP contribution in [0.25, 0.3) is 0 Å². The van der Waals surface area contributed by atoms with Crippen LogP contribution in [-0.2, 0) is 107 Å². The number of pyridine rings is 1. The number of carbonyl (C=O) groups excluding carboxylic acids is 7. The summed E-state index contributed by atoms with van der Waals surface area (Å²) in [6.07, 6.45) is 10.5. The molecule has 6 fully saturated rings. The van der Waals surface area contributed by atoms with Crippen molar-refractivity contribution in [3.63, 3.8) is 0 Å². The van der Waals surface area contributed by atoms with Crippen LogP contribution in [0.3, 0.4) is 0 Å². The van der Waals surface area contributed by atoms with Gasteiger partial charge in [-0.15, -0.1) is 83.6 Å². The summed E-state index contributed by atoms with van der Waals surface area (Å²) in [6.45, 7) is 26.8. The van der Waals surface area contributed by atoms with Gasteiger partial charge in [0, 0.05) is 98.0 Å². The summed E-state index contributed by atoms with van der Waals surface area (Å²) in [7, 11) is 9.81. The van der Waals surface area contributed by atoms with Crippen molar-refractivity contribution >= 4 is 195 Å². The van der Waals surface area contributed by atoms with Gasteiger partial charge in [0.15, 0.2) is 0 Å². The number of esters is 4. The standard InChI is InChI=1S/C18H25NO5.C12H15NO3.C10H19NO3.C8H7ClO2.C8H15NO2.C7H13NO2.C7H7NO2.C6H11BrO2.C4H9NO.2CH2Cl2.CH4O.CH4.Cl2OS.3ClH/c1-18(2,3)24-16(20)13-22-15-9-10-19(11-15)17(21)23-12-14-7-5-4-6-8-14;14-11-6-7-13(8-11)12(15)16-9-10-4-2-1-3-5-10;1-10(2,3)14-9(12)7-13-8-4-5-11-6-8;9-8(10)11-6-7-4-2-1-3-5-7;1-11-8(10)6-7-2-4-9-5-3-7;2*9-7(10)5-6-1-3-8-4-2-6;1-6(2,3)9-5(8)4-7;6-4-1-2-5-3-4;2*2-1-3;1-2;;1-4(2)3;;;/h4-8,15H,9-13H2,1-3H3;1-5,11,14H,6-9H2;8,11H,4-7H2,1-3H3;1-5H,6H2;7,9H,2-6H2,1H3;6,8H,1-5H2,(H,9,10);1-4H,5H2,(H,9,10);4H2,1-3H3;4-6H,1-3H2;2*1H2;2H,1H3;1H4;;3*1H. The minimum absolute atomic E-state index is 0. The van der Waals surface area contributed by atoms with Crippen LogP contribution in [0.1, 0.15) is 156 Å². The summed E-state index contributed by atoms with van der Waals surface area (Å²) in [5, 5.41) is 55.0. The van der Waals surface area contributed by atoms with E-state index in [0.717, 1.165) is 120 Å². The number of hydrogen-bond donors (Lipinski definition) is 9. The van der Waals surface area contributed by atoms with E-state index in [2.05, 4.69) is 73.0 Å². The number of alkyl halides is 5. The third-order valence-electron chi connectivity index (χ3n) is 15.9. The molecule has 4 atom stereocenters. The fourth-order valence-electron chi connectivity index (χ4n) is 10.6. The van der Waals surface area contributed by atoms with Crippen LogP contribution < -0.4 is 21.3 Å². The van der Waals surface area contributed by atoms with Gasteiger partial charge in [-0.25, -0.2) is 28.2 Å². The monoisotopic (exact) mass is 2090 g/mol. The molecule has 7 heterocycles. The number of aliphatic hydroxyl groups is 3. The number of methoxy groups -OCH3 is 1. The Labute approximate surface area is 813 Å². The summed E-state index contributed by atoms with van der Waals surface area (Å²) in [5.41, 5.74) is 1.55. The zero-order valence-electron chi connectivity index (χ0n) is 73.3. The van der Waals surface area contributed by atoms with E-state index in [1.807, 2.05) is 153 Å². The van der Waals surface area contributed by atoms with Crippen molar-refractivity contribution in [3.05, 3.63) is 138 Å². The zero-order valence-corrected chi connectivity index (χ0v) is 83.5. The topological polar surface area (TPSA) is 422 Å². The van der Waals surface area contributed by atoms with E-state index >= 15 is 0 Å². The average molecular weight is 2090 g/mol. The first-order valence-corrected chi connectivity index (χ1v) is 45.8. The highest BCUT2D eigenvalue weighted by Crippen LogP contribution is 2.20. The number of carboxylic acids is 2. The number of ether oxygens (including phenoxy) is 9. The van der Waals surface area contributed by atoms with Gasteiger partial charge in [-0.2, -0.15) is 0 Å². The molecule has 0 spiro atoms. The molecule has 734 valence electrons. The number of nitrogens with one attached hydrogen (secondary N) is 4. The zero-order chi connectivity index (χ0) is 93.5. The predicted molar refractivity (Wildman–Crippen MR) is 511 cm³/mol. The quantitative estimate of drug-likeness (QED) is 0.0182. The van der Waals surface area contributed by atoms with E-state index < -0.39 is 49.9 Å². The van der Waals surface area contributed by atoms with Crippen molar-refractivity contribution < 1.29 is 116 Å². The second-order valence-corrected chi connectivity index (χ2v) is 34.7. The number of β-amino-alcohol motifs (C(OH)–C–C–N with tert-alkyl or cyclic N) is 2. The molecule has 31 nitrogen and oxygen atoms in total. The number of amides is 2. The van der Waals surface area contributed by atoms with Crippen LogP contribution in [0, 0.1) is 11.8 Å². The van der Waals surface area contributed by atoms with Crippen LogP contribution in [0.2, 0.25) is 0 Å². The van der Waals surface area contributed by atoms with Gasteiger partial charge in [-0.3, -0.25) is 24.2 Å². The number of nitrogens with zero attached hydrogens (tertiary/aromatic N) is 3. The van der Waals surface area contributed by atoms with Gasteiger partial charge in [-0.05, 0) is 199 Å². The first kappa shape index (κ1) is 135. The van der Waals surface area contributed by atoms with Crippen LogP contribution in [-0.4, -0.2) is 261 Å². The van der Waals surface area contributed by atoms with Crippen LogP contribution in [0.15, 0.2) is 116 Å². The summed E-state index contributed by atoms with van der Waals surface area (Å²) >= 11 is 27.0. The fraction of sp³-hybridized carbons (Fsp3) is 0.619. The molecular weight excluding hydrogens is 1960 g/mol. The number of aliphatic carboxylic acids is 2. The number of carbonyl (C=O) groups is 9. The van der Waals surface area contributed by atoms with Crippen molar-refractivity contribution in [2.24, 2.45) is 11.8 Å². The first-order chi connectivity index (χ1) is 58.2. The average Bonchev–Trinajstić information content (AvgIpc) is 1.75. The molecule has 0 saturated carbocycles. The number of halogens is 11. The van der Waals surface area contributed by atoms with E-state index in [9.17, 15) is 48.3 Å². The molecule has 6 aliphatic heterocycles. The Morgan fingerprint density at radius 1 is 0.480 bits per heavy atom. The van der Waals surface area contributed by atoms with Crippen molar-refractivity contribution in [3.8, 4) is 0 Å². The number of benzene rings is 3. The maximum absolute atomic E-state index is 12.0. The minimum Gasteiger partial charge on any atom is -0.481 e. The SMILES string of the molecule is C.CC(C)(C)OC(=O)CBr.CC(C)(C)OC(=O)COC1CCN(C(=O)OCc2ccccc2)C1.CC(C)(C)OC(=O)COC1CCNC1.CO.COC(=O)CC1CCNCC1.Cl.Cl.Cl.ClCCl.ClCCl.O=C(Cl)OCc1ccccc1.O=C(O)CC1CCNCC1.O=C(O)Cc1ccncc1.O=C(OCc1ccccc1)N1CCC(O)C1.O=S(Cl)Cl.OC1CCNC1. The lowest BCUT2D eigenvalue weighted by Crippen LogP contribution is -2.32. The summed E-state index contributed by atoms with van der Waals surface area (Å²) in [5.74, 6) is -1.49. The van der Waals surface area contributed by atoms with Gasteiger partial charge >= 0.3 is 53.4 Å². The molecule has 0 radical (unpaired) electrons. The second-order valence-electron chi connectivity index (χ2n) is 29.7. The molecule has 6 aliphatic rings. The number of likely N-dealkylation sites (tertiary alicyclic amines) is 2. The highest BCUT2D eigenvalue weighted by atomic mass is 79.9. The molecule has 127 heavy (non-hydrogen) atoms. The first-order valence-electron chi connectivity index (χ1n) is 39.4. The van der Waals surface area contributed by atoms with E-state index in [4.69, 9.17) is 116 Å². The Kier molecular flexibility index (Phi) is 90.3.